The van der Waals surface area contributed by atoms with Crippen LogP contribution in [0.15, 0.2) is 21.3 Å². The van der Waals surface area contributed by atoms with Crippen LogP contribution < -0.4 is 5.32 Å². The average molecular weight is 317 g/mol. The predicted octanol–water partition coefficient (Wildman–Crippen LogP) is 3.78. The largest absolute Gasteiger partial charge is 0.312 e. The van der Waals surface area contributed by atoms with Crippen LogP contribution in [-0.4, -0.2) is 12.0 Å². The van der Waals surface area contributed by atoms with E-state index in [0.717, 1.165) is 12.1 Å². The zero-order valence-corrected chi connectivity index (χ0v) is 12.4. The molecule has 0 aliphatic rings. The number of aromatic nitrogens is 1. The number of hydrogen-bond acceptors (Lipinski definition) is 4. The maximum absolute atomic E-state index is 4.50. The third-order valence-electron chi connectivity index (χ3n) is 2.33. The number of thiophene rings is 1. The minimum Gasteiger partial charge on any atom is -0.312 e. The minimum atomic E-state index is 0.363. The maximum Gasteiger partial charge on any atom is 0.0947 e. The topological polar surface area (TPSA) is 24.9 Å². The number of rotatable bonds is 4. The van der Waals surface area contributed by atoms with E-state index in [1.165, 1.54) is 13.7 Å². The Morgan fingerprint density at radius 3 is 2.81 bits per heavy atom. The molecule has 5 heteroatoms. The van der Waals surface area contributed by atoms with Crippen LogP contribution in [0, 0.1) is 6.92 Å². The van der Waals surface area contributed by atoms with E-state index in [-0.39, 0.29) is 0 Å². The molecule has 86 valence electrons. The van der Waals surface area contributed by atoms with Crippen LogP contribution in [0.1, 0.15) is 21.6 Å². The van der Waals surface area contributed by atoms with Crippen LogP contribution in [-0.2, 0) is 6.42 Å². The predicted molar refractivity (Wildman–Crippen MR) is 74.4 cm³/mol. The van der Waals surface area contributed by atoms with Gasteiger partial charge in [-0.25, -0.2) is 4.98 Å². The lowest BCUT2D eigenvalue weighted by Gasteiger charge is -2.12. The first-order valence-electron chi connectivity index (χ1n) is 5.02. The van der Waals surface area contributed by atoms with E-state index in [2.05, 4.69) is 43.7 Å². The molecule has 0 fully saturated rings. The van der Waals surface area contributed by atoms with Gasteiger partial charge in [0, 0.05) is 28.4 Å². The summed E-state index contributed by atoms with van der Waals surface area (Å²) in [7, 11) is 2.00. The second kappa shape index (κ2) is 5.40. The molecule has 1 atom stereocenters. The smallest absolute Gasteiger partial charge is 0.0947 e. The van der Waals surface area contributed by atoms with Crippen molar-refractivity contribution in [1.82, 2.24) is 10.3 Å². The van der Waals surface area contributed by atoms with Gasteiger partial charge in [0.15, 0.2) is 0 Å². The Morgan fingerprint density at radius 1 is 1.50 bits per heavy atom. The van der Waals surface area contributed by atoms with Crippen molar-refractivity contribution in [3.8, 4) is 0 Å². The number of nitrogens with one attached hydrogen (secondary N) is 1. The van der Waals surface area contributed by atoms with Crippen molar-refractivity contribution in [2.75, 3.05) is 7.05 Å². The van der Waals surface area contributed by atoms with Gasteiger partial charge in [0.25, 0.3) is 0 Å². The van der Waals surface area contributed by atoms with Gasteiger partial charge in [-0.15, -0.1) is 22.7 Å². The molecule has 2 rings (SSSR count). The Kier molecular flexibility index (Phi) is 4.13. The first-order chi connectivity index (χ1) is 7.69. The summed E-state index contributed by atoms with van der Waals surface area (Å²) in [6, 6.07) is 4.62. The summed E-state index contributed by atoms with van der Waals surface area (Å²) < 4.78 is 1.18. The van der Waals surface area contributed by atoms with Crippen molar-refractivity contribution in [3.63, 3.8) is 0 Å². The van der Waals surface area contributed by atoms with Gasteiger partial charge in [0.2, 0.25) is 0 Å². The molecule has 0 amide bonds. The number of thiazole rings is 1. The molecule has 2 aromatic heterocycles. The SMILES string of the molecule is CNC(Cc1nc(C)cs1)c1ccc(Br)s1. The Labute approximate surface area is 112 Å². The summed E-state index contributed by atoms with van der Waals surface area (Å²) in [4.78, 5) is 5.85. The molecule has 0 saturated carbocycles. The lowest BCUT2D eigenvalue weighted by atomic mass is 10.2. The molecule has 16 heavy (non-hydrogen) atoms. The first kappa shape index (κ1) is 12.2. The molecule has 0 aromatic carbocycles. The van der Waals surface area contributed by atoms with Crippen LogP contribution in [0.4, 0.5) is 0 Å². The highest BCUT2D eigenvalue weighted by atomic mass is 79.9. The van der Waals surface area contributed by atoms with Crippen LogP contribution in [0.2, 0.25) is 0 Å². The lowest BCUT2D eigenvalue weighted by Crippen LogP contribution is -2.17. The normalized spacial score (nSPS) is 12.9. The molecular weight excluding hydrogens is 304 g/mol. The molecule has 0 saturated heterocycles. The Hall–Kier alpha value is -0.230. The molecule has 0 spiro atoms. The maximum atomic E-state index is 4.50. The molecule has 0 bridgehead atoms. The quantitative estimate of drug-likeness (QED) is 0.928. The number of halogens is 1. The van der Waals surface area contributed by atoms with Gasteiger partial charge in [0.1, 0.15) is 0 Å². The average Bonchev–Trinajstić information content (AvgIpc) is 2.84. The molecule has 2 heterocycles. The summed E-state index contributed by atoms with van der Waals surface area (Å²) in [6.07, 6.45) is 0.960. The van der Waals surface area contributed by atoms with Crippen molar-refractivity contribution in [3.05, 3.63) is 36.9 Å². The summed E-state index contributed by atoms with van der Waals surface area (Å²) in [6.45, 7) is 2.04. The van der Waals surface area contributed by atoms with Crippen molar-refractivity contribution in [2.45, 2.75) is 19.4 Å². The van der Waals surface area contributed by atoms with Crippen LogP contribution >= 0.6 is 38.6 Å². The van der Waals surface area contributed by atoms with Crippen molar-refractivity contribution >= 4 is 38.6 Å². The lowest BCUT2D eigenvalue weighted by molar-refractivity contribution is 0.600. The third-order valence-corrected chi connectivity index (χ3v) is 5.06. The highest BCUT2D eigenvalue weighted by Gasteiger charge is 2.14. The van der Waals surface area contributed by atoms with Gasteiger partial charge in [-0.05, 0) is 42.0 Å². The van der Waals surface area contributed by atoms with Crippen LogP contribution in [0.3, 0.4) is 0 Å². The standard InChI is InChI=1S/C11H13BrN2S2/c1-7-6-15-11(14-7)5-8(13-2)9-3-4-10(12)16-9/h3-4,6,8,13H,5H2,1-2H3. The van der Waals surface area contributed by atoms with Gasteiger partial charge in [0.05, 0.1) is 8.79 Å². The molecule has 2 nitrogen and oxygen atoms in total. The highest BCUT2D eigenvalue weighted by molar-refractivity contribution is 9.11. The fraction of sp³-hybridized carbons (Fsp3) is 0.364. The van der Waals surface area contributed by atoms with Crippen molar-refractivity contribution in [1.29, 1.82) is 0 Å². The second-order valence-corrected chi connectivity index (χ2v) is 7.01. The molecule has 2 aromatic rings. The van der Waals surface area contributed by atoms with Gasteiger partial charge < -0.3 is 5.32 Å². The second-order valence-electron chi connectivity index (χ2n) is 3.57. The molecule has 0 radical (unpaired) electrons. The van der Waals surface area contributed by atoms with E-state index in [9.17, 15) is 0 Å². The van der Waals surface area contributed by atoms with E-state index in [1.54, 1.807) is 22.7 Å². The van der Waals surface area contributed by atoms with E-state index in [4.69, 9.17) is 0 Å². The van der Waals surface area contributed by atoms with Gasteiger partial charge in [-0.2, -0.15) is 0 Å². The van der Waals surface area contributed by atoms with Crippen molar-refractivity contribution < 1.29 is 0 Å². The van der Waals surface area contributed by atoms with Gasteiger partial charge in [-0.1, -0.05) is 0 Å². The third kappa shape index (κ3) is 2.91. The fourth-order valence-corrected chi connectivity index (χ4v) is 3.88. The number of hydrogen-bond donors (Lipinski definition) is 1. The fourth-order valence-electron chi connectivity index (χ4n) is 1.53. The summed E-state index contributed by atoms with van der Waals surface area (Å²) in [5, 5.41) is 6.64. The zero-order chi connectivity index (χ0) is 11.5. The summed E-state index contributed by atoms with van der Waals surface area (Å²) in [5.74, 6) is 0. The Balaban J connectivity index is 2.12. The number of nitrogens with zero attached hydrogens (tertiary/aromatic N) is 1. The highest BCUT2D eigenvalue weighted by Crippen LogP contribution is 2.29. The number of aryl methyl sites for hydroxylation is 1. The van der Waals surface area contributed by atoms with Gasteiger partial charge in [-0.3, -0.25) is 0 Å². The minimum absolute atomic E-state index is 0.363. The van der Waals surface area contributed by atoms with E-state index < -0.39 is 0 Å². The molecule has 1 N–H and O–H groups in total. The monoisotopic (exact) mass is 316 g/mol. The molecule has 0 aliphatic carbocycles. The summed E-state index contributed by atoms with van der Waals surface area (Å²) >= 11 is 7.01. The van der Waals surface area contributed by atoms with Crippen LogP contribution in [0.5, 0.6) is 0 Å². The zero-order valence-electron chi connectivity index (χ0n) is 9.16. The Bertz CT molecular complexity index is 464. The first-order valence-corrected chi connectivity index (χ1v) is 7.51. The summed E-state index contributed by atoms with van der Waals surface area (Å²) in [5.41, 5.74) is 1.11. The Morgan fingerprint density at radius 2 is 2.31 bits per heavy atom. The van der Waals surface area contributed by atoms with Crippen LogP contribution in [0.25, 0.3) is 0 Å². The number of likely N-dealkylation sites (N-methyl/N-ethyl adjacent to an activating group) is 1. The molecular formula is C11H13BrN2S2. The van der Waals surface area contributed by atoms with Crippen molar-refractivity contribution in [2.24, 2.45) is 0 Å². The van der Waals surface area contributed by atoms with E-state index in [0.29, 0.717) is 6.04 Å². The molecule has 1 unspecified atom stereocenters. The van der Waals surface area contributed by atoms with E-state index in [1.807, 2.05) is 14.0 Å². The van der Waals surface area contributed by atoms with E-state index >= 15 is 0 Å². The molecule has 0 aliphatic heterocycles. The van der Waals surface area contributed by atoms with Gasteiger partial charge >= 0.3 is 0 Å².